The Kier molecular flexibility index (Phi) is 8.82. The average molecular weight is 532 g/mol. The number of benzene rings is 2. The molecule has 2 N–H and O–H groups in total. The van der Waals surface area contributed by atoms with Crippen molar-refractivity contribution < 1.29 is 37.3 Å². The number of alkyl halides is 3. The summed E-state index contributed by atoms with van der Waals surface area (Å²) in [5.74, 6) is -0.109. The third kappa shape index (κ3) is 7.86. The molecule has 3 rings (SSSR count). The molecule has 11 heteroatoms. The second-order valence-corrected chi connectivity index (χ2v) is 8.95. The summed E-state index contributed by atoms with van der Waals surface area (Å²) in [6.45, 7) is 3.68. The molecule has 1 amide bonds. The van der Waals surface area contributed by atoms with E-state index in [0.717, 1.165) is 17.7 Å². The van der Waals surface area contributed by atoms with Crippen molar-refractivity contribution >= 4 is 23.6 Å². The van der Waals surface area contributed by atoms with Gasteiger partial charge in [-0.2, -0.15) is 13.2 Å². The number of rotatable bonds is 10. The number of ether oxygens (including phenoxy) is 2. The van der Waals surface area contributed by atoms with Crippen LogP contribution in [0.25, 0.3) is 0 Å². The smallest absolute Gasteiger partial charge is 0.416 e. The van der Waals surface area contributed by atoms with Crippen molar-refractivity contribution in [3.05, 3.63) is 83.6 Å². The molecule has 0 aliphatic carbocycles. The van der Waals surface area contributed by atoms with E-state index in [9.17, 15) is 27.9 Å². The second kappa shape index (κ2) is 11.8. The fraction of sp³-hybridized carbons (Fsp3) is 0.296. The number of carbonyl (C=O) groups excluding carboxylic acids is 1. The number of carboxylic acids is 1. The molecule has 0 bridgehead atoms. The van der Waals surface area contributed by atoms with Crippen LogP contribution in [0, 0.1) is 0 Å². The Labute approximate surface area is 218 Å². The topological polar surface area (TPSA) is 101 Å². The number of aliphatic carboxylic acids is 1. The number of hydrogen-bond acceptors (Lipinski definition) is 6. The van der Waals surface area contributed by atoms with E-state index in [0.29, 0.717) is 42.3 Å². The molecule has 3 aromatic rings. The van der Waals surface area contributed by atoms with Gasteiger partial charge in [-0.3, -0.25) is 5.32 Å². The molecule has 0 spiro atoms. The van der Waals surface area contributed by atoms with Gasteiger partial charge in [-0.05, 0) is 67.8 Å². The van der Waals surface area contributed by atoms with Crippen LogP contribution in [-0.4, -0.2) is 41.4 Å². The van der Waals surface area contributed by atoms with E-state index in [1.807, 2.05) is 17.0 Å². The zero-order chi connectivity index (χ0) is 27.9. The number of pyridine rings is 1. The number of methoxy groups -OCH3 is 1. The molecule has 0 aliphatic heterocycles. The molecule has 0 atom stereocenters. The summed E-state index contributed by atoms with van der Waals surface area (Å²) in [6.07, 6.45) is -3.03. The summed E-state index contributed by atoms with van der Waals surface area (Å²) < 4.78 is 49.0. The summed E-state index contributed by atoms with van der Waals surface area (Å²) in [5, 5.41) is 11.8. The number of anilines is 2. The lowest BCUT2D eigenvalue weighted by Gasteiger charge is -2.25. The van der Waals surface area contributed by atoms with Gasteiger partial charge in [-0.25, -0.2) is 14.6 Å². The minimum atomic E-state index is -4.42. The molecule has 0 aliphatic rings. The van der Waals surface area contributed by atoms with Crippen LogP contribution < -0.4 is 15.0 Å². The quantitative estimate of drug-likeness (QED) is 0.343. The minimum Gasteiger partial charge on any atom is -0.478 e. The van der Waals surface area contributed by atoms with Crippen LogP contribution in [0.15, 0.2) is 66.9 Å². The summed E-state index contributed by atoms with van der Waals surface area (Å²) >= 11 is 0. The highest BCUT2D eigenvalue weighted by Gasteiger charge is 2.30. The standard InChI is InChI=1S/C27H28F3N3O5/c1-26(2,24(34)35)38-22-11-6-18(7-12-22)14-15-33(17-19-4-8-20(9-5-19)27(28,29)30)23-13-10-21(16-31-23)32-25(36)37-3/h4-13,16H,14-15,17H2,1-3H3,(H,32,36)(H,34,35). The van der Waals surface area contributed by atoms with Crippen LogP contribution in [0.2, 0.25) is 0 Å². The van der Waals surface area contributed by atoms with Crippen LogP contribution in [0.1, 0.15) is 30.5 Å². The minimum absolute atomic E-state index is 0.295. The van der Waals surface area contributed by atoms with Crippen molar-refractivity contribution in [2.45, 2.75) is 38.6 Å². The Hall–Kier alpha value is -4.28. The highest BCUT2D eigenvalue weighted by Crippen LogP contribution is 2.29. The van der Waals surface area contributed by atoms with Crippen molar-refractivity contribution in [2.75, 3.05) is 23.9 Å². The molecule has 1 aromatic heterocycles. The Morgan fingerprint density at radius 3 is 2.13 bits per heavy atom. The van der Waals surface area contributed by atoms with Crippen LogP contribution in [-0.2, 0) is 28.7 Å². The highest BCUT2D eigenvalue weighted by molar-refractivity contribution is 5.84. The summed E-state index contributed by atoms with van der Waals surface area (Å²) in [5.41, 5.74) is -0.0730. The number of aromatic nitrogens is 1. The molecular formula is C27H28F3N3O5. The van der Waals surface area contributed by atoms with Gasteiger partial charge in [0.1, 0.15) is 11.6 Å². The fourth-order valence-corrected chi connectivity index (χ4v) is 3.44. The van der Waals surface area contributed by atoms with E-state index in [2.05, 4.69) is 15.0 Å². The number of amides is 1. The third-order valence-corrected chi connectivity index (χ3v) is 5.64. The monoisotopic (exact) mass is 531 g/mol. The molecule has 0 saturated carbocycles. The van der Waals surface area contributed by atoms with Gasteiger partial charge in [0.25, 0.3) is 0 Å². The largest absolute Gasteiger partial charge is 0.478 e. The zero-order valence-electron chi connectivity index (χ0n) is 21.1. The number of nitrogens with zero attached hydrogens (tertiary/aromatic N) is 2. The lowest BCUT2D eigenvalue weighted by atomic mass is 10.1. The van der Waals surface area contributed by atoms with Gasteiger partial charge in [-0.1, -0.05) is 24.3 Å². The van der Waals surface area contributed by atoms with Crippen molar-refractivity contribution in [3.8, 4) is 5.75 Å². The van der Waals surface area contributed by atoms with E-state index in [1.54, 1.807) is 24.3 Å². The zero-order valence-corrected chi connectivity index (χ0v) is 21.1. The Bertz CT molecular complexity index is 1230. The number of hydrogen-bond donors (Lipinski definition) is 2. The maximum Gasteiger partial charge on any atom is 0.416 e. The number of nitrogens with one attached hydrogen (secondary N) is 1. The molecule has 38 heavy (non-hydrogen) atoms. The van der Waals surface area contributed by atoms with Crippen molar-refractivity contribution in [2.24, 2.45) is 0 Å². The lowest BCUT2D eigenvalue weighted by Crippen LogP contribution is -2.37. The maximum absolute atomic E-state index is 13.0. The van der Waals surface area contributed by atoms with Gasteiger partial charge in [0, 0.05) is 13.1 Å². The van der Waals surface area contributed by atoms with Crippen molar-refractivity contribution in [3.63, 3.8) is 0 Å². The number of carbonyl (C=O) groups is 2. The molecule has 0 radical (unpaired) electrons. The molecule has 0 fully saturated rings. The molecule has 8 nitrogen and oxygen atoms in total. The molecule has 0 unspecified atom stereocenters. The van der Waals surface area contributed by atoms with E-state index < -0.39 is 29.4 Å². The van der Waals surface area contributed by atoms with Gasteiger partial charge in [0.2, 0.25) is 0 Å². The average Bonchev–Trinajstić information content (AvgIpc) is 2.87. The highest BCUT2D eigenvalue weighted by atomic mass is 19.4. The Morgan fingerprint density at radius 1 is 0.974 bits per heavy atom. The van der Waals surface area contributed by atoms with Crippen molar-refractivity contribution in [1.29, 1.82) is 0 Å². The lowest BCUT2D eigenvalue weighted by molar-refractivity contribution is -0.152. The fourth-order valence-electron chi connectivity index (χ4n) is 3.44. The molecule has 0 saturated heterocycles. The van der Waals surface area contributed by atoms with Crippen LogP contribution >= 0.6 is 0 Å². The summed E-state index contributed by atoms with van der Waals surface area (Å²) in [4.78, 5) is 29.0. The van der Waals surface area contributed by atoms with E-state index in [-0.39, 0.29) is 0 Å². The first-order valence-electron chi connectivity index (χ1n) is 11.6. The molecule has 1 heterocycles. The van der Waals surface area contributed by atoms with Gasteiger partial charge in [-0.15, -0.1) is 0 Å². The predicted octanol–water partition coefficient (Wildman–Crippen LogP) is 5.77. The maximum atomic E-state index is 13.0. The van der Waals surface area contributed by atoms with Crippen LogP contribution in [0.3, 0.4) is 0 Å². The van der Waals surface area contributed by atoms with Crippen molar-refractivity contribution in [1.82, 2.24) is 4.98 Å². The SMILES string of the molecule is COC(=O)Nc1ccc(N(CCc2ccc(OC(C)(C)C(=O)O)cc2)Cc2ccc(C(F)(F)F)cc2)nc1. The second-order valence-electron chi connectivity index (χ2n) is 8.95. The normalized spacial score (nSPS) is 11.5. The Morgan fingerprint density at radius 2 is 1.61 bits per heavy atom. The Balaban J connectivity index is 1.76. The molecule has 2 aromatic carbocycles. The molecular weight excluding hydrogens is 503 g/mol. The number of carboxylic acid groups (broad SMARTS) is 1. The van der Waals surface area contributed by atoms with Gasteiger partial charge in [0.05, 0.1) is 24.6 Å². The predicted molar refractivity (Wildman–Crippen MR) is 135 cm³/mol. The van der Waals surface area contributed by atoms with E-state index in [1.165, 1.54) is 39.3 Å². The van der Waals surface area contributed by atoms with E-state index in [4.69, 9.17) is 4.74 Å². The van der Waals surface area contributed by atoms with Gasteiger partial charge >= 0.3 is 18.2 Å². The molecule has 202 valence electrons. The third-order valence-electron chi connectivity index (χ3n) is 5.64. The van der Waals surface area contributed by atoms with Crippen LogP contribution in [0.5, 0.6) is 5.75 Å². The van der Waals surface area contributed by atoms with Gasteiger partial charge in [0.15, 0.2) is 5.60 Å². The summed E-state index contributed by atoms with van der Waals surface area (Å²) in [7, 11) is 1.24. The summed E-state index contributed by atoms with van der Waals surface area (Å²) in [6, 6.07) is 15.3. The first-order valence-corrected chi connectivity index (χ1v) is 11.6. The first-order chi connectivity index (χ1) is 17.9. The van der Waals surface area contributed by atoms with Crippen LogP contribution in [0.4, 0.5) is 29.5 Å². The van der Waals surface area contributed by atoms with Gasteiger partial charge < -0.3 is 19.5 Å². The van der Waals surface area contributed by atoms with E-state index >= 15 is 0 Å². The first kappa shape index (κ1) is 28.3. The number of halogens is 3.